The zero-order valence-corrected chi connectivity index (χ0v) is 16.0. The molecule has 8 heteroatoms. The molecule has 0 fully saturated rings. The summed E-state index contributed by atoms with van der Waals surface area (Å²) in [5.74, 6) is -0.519. The molecule has 0 heterocycles. The number of halogens is 1. The van der Waals surface area contributed by atoms with E-state index in [2.05, 4.69) is 10.5 Å². The van der Waals surface area contributed by atoms with Crippen molar-refractivity contribution >= 4 is 41.2 Å². The Morgan fingerprint density at radius 3 is 2.32 bits per heavy atom. The van der Waals surface area contributed by atoms with E-state index >= 15 is 0 Å². The summed E-state index contributed by atoms with van der Waals surface area (Å²) in [6, 6.07) is 20.7. The maximum absolute atomic E-state index is 12.0. The number of carbonyl (C=O) groups is 1. The van der Waals surface area contributed by atoms with Gasteiger partial charge in [0.05, 0.1) is 11.1 Å². The Morgan fingerprint density at radius 1 is 1.04 bits per heavy atom. The normalized spacial score (nSPS) is 10.8. The molecule has 0 bridgehead atoms. The number of hydrazone groups is 1. The topological polar surface area (TPSA) is 84.6 Å². The summed E-state index contributed by atoms with van der Waals surface area (Å²) in [5, 5.41) is 15.4. The summed E-state index contributed by atoms with van der Waals surface area (Å²) < 4.78 is 0. The third-order valence-corrected chi connectivity index (χ3v) is 4.90. The number of hydrogen-bond donors (Lipinski definition) is 1. The van der Waals surface area contributed by atoms with Crippen molar-refractivity contribution in [3.8, 4) is 0 Å². The number of nitro benzene ring substituents is 1. The monoisotopic (exact) mass is 411 g/mol. The van der Waals surface area contributed by atoms with Gasteiger partial charge in [0, 0.05) is 32.5 Å². The van der Waals surface area contributed by atoms with Crippen molar-refractivity contribution in [2.75, 3.05) is 0 Å². The molecule has 0 unspecified atom stereocenters. The van der Waals surface area contributed by atoms with Gasteiger partial charge in [-0.2, -0.15) is 5.10 Å². The largest absolute Gasteiger partial charge is 0.271 e. The number of nitro groups is 1. The molecule has 6 nitrogen and oxygen atoms in total. The zero-order valence-electron chi connectivity index (χ0n) is 14.4. The van der Waals surface area contributed by atoms with E-state index in [4.69, 9.17) is 11.6 Å². The number of nitrogens with zero attached hydrogens (tertiary/aromatic N) is 2. The highest BCUT2D eigenvalue weighted by molar-refractivity contribution is 7.99. The van der Waals surface area contributed by atoms with Crippen LogP contribution in [0.5, 0.6) is 0 Å². The molecule has 3 aromatic rings. The van der Waals surface area contributed by atoms with E-state index in [1.165, 1.54) is 30.5 Å². The smallest absolute Gasteiger partial charge is 0.267 e. The number of rotatable bonds is 6. The molecule has 1 N–H and O–H groups in total. The molecular formula is C20H14ClN3O3S. The summed E-state index contributed by atoms with van der Waals surface area (Å²) in [6.45, 7) is 0. The SMILES string of the molecule is O=C(N/N=C\c1ccc(Sc2ccc(Cl)cc2)cc1)c1cccc([N+](=O)[O-])c1. The number of hydrogen-bond acceptors (Lipinski definition) is 5. The maximum Gasteiger partial charge on any atom is 0.271 e. The molecule has 3 rings (SSSR count). The highest BCUT2D eigenvalue weighted by atomic mass is 35.5. The molecule has 0 aliphatic rings. The molecule has 0 aliphatic carbocycles. The van der Waals surface area contributed by atoms with E-state index in [1.807, 2.05) is 48.5 Å². The summed E-state index contributed by atoms with van der Waals surface area (Å²) in [5.41, 5.74) is 3.19. The average molecular weight is 412 g/mol. The fraction of sp³-hybridized carbons (Fsp3) is 0. The van der Waals surface area contributed by atoms with Crippen LogP contribution in [-0.4, -0.2) is 17.0 Å². The number of non-ortho nitro benzene ring substituents is 1. The van der Waals surface area contributed by atoms with Gasteiger partial charge in [-0.1, -0.05) is 41.6 Å². The molecule has 0 radical (unpaired) electrons. The quantitative estimate of drug-likeness (QED) is 0.344. The van der Waals surface area contributed by atoms with Crippen molar-refractivity contribution < 1.29 is 9.72 Å². The van der Waals surface area contributed by atoms with E-state index in [-0.39, 0.29) is 11.3 Å². The average Bonchev–Trinajstić information content (AvgIpc) is 2.71. The van der Waals surface area contributed by atoms with Gasteiger partial charge in [0.2, 0.25) is 0 Å². The fourth-order valence-electron chi connectivity index (χ4n) is 2.25. The van der Waals surface area contributed by atoms with E-state index in [0.717, 1.165) is 15.4 Å². The van der Waals surface area contributed by atoms with E-state index in [0.29, 0.717) is 5.02 Å². The minimum atomic E-state index is -0.552. The second kappa shape index (κ2) is 9.16. The van der Waals surface area contributed by atoms with Crippen LogP contribution in [0.25, 0.3) is 0 Å². The van der Waals surface area contributed by atoms with Crippen LogP contribution in [0.2, 0.25) is 5.02 Å². The van der Waals surface area contributed by atoms with Crippen molar-refractivity contribution in [1.29, 1.82) is 0 Å². The van der Waals surface area contributed by atoms with Crippen LogP contribution in [0.4, 0.5) is 5.69 Å². The Labute approximate surface area is 170 Å². The summed E-state index contributed by atoms with van der Waals surface area (Å²) in [7, 11) is 0. The van der Waals surface area contributed by atoms with Gasteiger partial charge in [-0.15, -0.1) is 0 Å². The Hall–Kier alpha value is -3.16. The van der Waals surface area contributed by atoms with Crippen LogP contribution in [-0.2, 0) is 0 Å². The van der Waals surface area contributed by atoms with Gasteiger partial charge >= 0.3 is 0 Å². The lowest BCUT2D eigenvalue weighted by Crippen LogP contribution is -2.17. The highest BCUT2D eigenvalue weighted by Crippen LogP contribution is 2.28. The van der Waals surface area contributed by atoms with Crippen LogP contribution in [0, 0.1) is 10.1 Å². The number of benzene rings is 3. The standard InChI is InChI=1S/C20H14ClN3O3S/c21-16-6-10-19(11-7-16)28-18-8-4-14(5-9-18)13-22-23-20(25)15-2-1-3-17(12-15)24(26)27/h1-13H,(H,23,25)/b22-13-. The van der Waals surface area contributed by atoms with Crippen LogP contribution < -0.4 is 5.43 Å². The minimum Gasteiger partial charge on any atom is -0.267 e. The van der Waals surface area contributed by atoms with Gasteiger partial charge in [-0.05, 0) is 48.0 Å². The second-order valence-corrected chi connectivity index (χ2v) is 7.21. The third kappa shape index (κ3) is 5.42. The highest BCUT2D eigenvalue weighted by Gasteiger charge is 2.10. The Bertz CT molecular complexity index is 1020. The second-order valence-electron chi connectivity index (χ2n) is 5.63. The van der Waals surface area contributed by atoms with Crippen LogP contribution >= 0.6 is 23.4 Å². The van der Waals surface area contributed by atoms with Gasteiger partial charge in [-0.25, -0.2) is 5.43 Å². The van der Waals surface area contributed by atoms with Crippen LogP contribution in [0.15, 0.2) is 87.7 Å². The van der Waals surface area contributed by atoms with E-state index < -0.39 is 10.8 Å². The molecule has 28 heavy (non-hydrogen) atoms. The lowest BCUT2D eigenvalue weighted by molar-refractivity contribution is -0.384. The van der Waals surface area contributed by atoms with E-state index in [9.17, 15) is 14.9 Å². The number of carbonyl (C=O) groups excluding carboxylic acids is 1. The van der Waals surface area contributed by atoms with Crippen molar-refractivity contribution in [2.45, 2.75) is 9.79 Å². The first kappa shape index (κ1) is 19.6. The molecular weight excluding hydrogens is 398 g/mol. The Kier molecular flexibility index (Phi) is 6.41. The van der Waals surface area contributed by atoms with Gasteiger partial charge < -0.3 is 0 Å². The first-order valence-corrected chi connectivity index (χ1v) is 9.32. The molecule has 0 saturated heterocycles. The van der Waals surface area contributed by atoms with Crippen molar-refractivity contribution in [3.63, 3.8) is 0 Å². The molecule has 0 aliphatic heterocycles. The minimum absolute atomic E-state index is 0.148. The van der Waals surface area contributed by atoms with Gasteiger partial charge in [0.15, 0.2) is 0 Å². The van der Waals surface area contributed by atoms with Gasteiger partial charge in [-0.3, -0.25) is 14.9 Å². The zero-order chi connectivity index (χ0) is 19.9. The molecule has 3 aromatic carbocycles. The lowest BCUT2D eigenvalue weighted by Gasteiger charge is -2.03. The number of amides is 1. The fourth-order valence-corrected chi connectivity index (χ4v) is 3.19. The summed E-state index contributed by atoms with van der Waals surface area (Å²) in [4.78, 5) is 24.4. The van der Waals surface area contributed by atoms with Crippen molar-refractivity contribution in [2.24, 2.45) is 5.10 Å². The number of nitrogens with one attached hydrogen (secondary N) is 1. The lowest BCUT2D eigenvalue weighted by atomic mass is 10.2. The molecule has 1 amide bonds. The third-order valence-electron chi connectivity index (χ3n) is 3.63. The summed E-state index contributed by atoms with van der Waals surface area (Å²) >= 11 is 7.49. The van der Waals surface area contributed by atoms with Gasteiger partial charge in [0.25, 0.3) is 11.6 Å². The molecule has 0 saturated carbocycles. The van der Waals surface area contributed by atoms with Crippen molar-refractivity contribution in [3.05, 3.63) is 99.1 Å². The van der Waals surface area contributed by atoms with Crippen LogP contribution in [0.3, 0.4) is 0 Å². The molecule has 0 aromatic heterocycles. The maximum atomic E-state index is 12.0. The van der Waals surface area contributed by atoms with E-state index in [1.54, 1.807) is 11.8 Å². The Morgan fingerprint density at radius 2 is 1.68 bits per heavy atom. The predicted octanol–water partition coefficient (Wildman–Crippen LogP) is 5.16. The first-order valence-electron chi connectivity index (χ1n) is 8.12. The first-order chi connectivity index (χ1) is 13.5. The van der Waals surface area contributed by atoms with Crippen LogP contribution in [0.1, 0.15) is 15.9 Å². The molecule has 0 atom stereocenters. The van der Waals surface area contributed by atoms with Crippen molar-refractivity contribution in [1.82, 2.24) is 5.43 Å². The molecule has 0 spiro atoms. The predicted molar refractivity (Wildman–Crippen MR) is 110 cm³/mol. The van der Waals surface area contributed by atoms with Gasteiger partial charge in [0.1, 0.15) is 0 Å². The summed E-state index contributed by atoms with van der Waals surface area (Å²) in [6.07, 6.45) is 1.51. The molecule has 140 valence electrons. The Balaban J connectivity index is 1.58.